The molecule has 162 valence electrons. The topological polar surface area (TPSA) is 79.4 Å². The van der Waals surface area contributed by atoms with Crippen molar-refractivity contribution in [2.45, 2.75) is 26.2 Å². The van der Waals surface area contributed by atoms with Crippen molar-refractivity contribution < 1.29 is 18.3 Å². The van der Waals surface area contributed by atoms with Crippen LogP contribution in [0.5, 0.6) is 0 Å². The van der Waals surface area contributed by atoms with Gasteiger partial charge in [0.15, 0.2) is 5.82 Å². The average Bonchev–Trinajstić information content (AvgIpc) is 2.67. The molecule has 0 unspecified atom stereocenters. The Kier molecular flexibility index (Phi) is 7.15. The van der Waals surface area contributed by atoms with Crippen molar-refractivity contribution in [1.82, 2.24) is 9.97 Å². The zero-order valence-electron chi connectivity index (χ0n) is 17.5. The summed E-state index contributed by atoms with van der Waals surface area (Å²) in [6.07, 6.45) is 1.84. The molecule has 1 aliphatic rings. The van der Waals surface area contributed by atoms with Crippen LogP contribution in [0, 0.1) is 24.5 Å². The lowest BCUT2D eigenvalue weighted by Crippen LogP contribution is -2.25. The van der Waals surface area contributed by atoms with E-state index in [1.54, 1.807) is 11.8 Å². The minimum absolute atomic E-state index is 0.162. The summed E-state index contributed by atoms with van der Waals surface area (Å²) >= 11 is 0. The van der Waals surface area contributed by atoms with Crippen molar-refractivity contribution in [2.24, 2.45) is 5.92 Å². The number of carbonyl (C=O) groups is 1. The van der Waals surface area contributed by atoms with Gasteiger partial charge in [-0.1, -0.05) is 0 Å². The fourth-order valence-electron chi connectivity index (χ4n) is 3.37. The first-order valence-corrected chi connectivity index (χ1v) is 9.94. The van der Waals surface area contributed by atoms with Gasteiger partial charge in [-0.05, 0) is 43.4 Å². The Bertz CT molecular complexity index is 881. The maximum Gasteiger partial charge on any atom is 0.228 e. The van der Waals surface area contributed by atoms with E-state index in [1.165, 1.54) is 0 Å². The maximum atomic E-state index is 13.4. The summed E-state index contributed by atoms with van der Waals surface area (Å²) in [6.45, 7) is 4.09. The molecule has 0 radical (unpaired) electrons. The second-order valence-electron chi connectivity index (χ2n) is 7.66. The molecule has 7 nitrogen and oxygen atoms in total. The molecule has 1 fully saturated rings. The molecule has 1 amide bonds. The van der Waals surface area contributed by atoms with E-state index >= 15 is 0 Å². The Morgan fingerprint density at radius 3 is 2.47 bits per heavy atom. The molecule has 3 rings (SSSR count). The van der Waals surface area contributed by atoms with Crippen LogP contribution in [0.25, 0.3) is 0 Å². The van der Waals surface area contributed by atoms with Gasteiger partial charge >= 0.3 is 0 Å². The second-order valence-corrected chi connectivity index (χ2v) is 7.66. The first-order chi connectivity index (χ1) is 14.3. The van der Waals surface area contributed by atoms with E-state index in [0.717, 1.165) is 50.8 Å². The van der Waals surface area contributed by atoms with Gasteiger partial charge in [0, 0.05) is 39.9 Å². The van der Waals surface area contributed by atoms with Gasteiger partial charge in [0.25, 0.3) is 0 Å². The highest BCUT2D eigenvalue weighted by atomic mass is 19.1. The van der Waals surface area contributed by atoms with Crippen LogP contribution < -0.4 is 15.5 Å². The molecule has 0 bridgehead atoms. The largest absolute Gasteiger partial charge is 0.381 e. The van der Waals surface area contributed by atoms with E-state index in [1.807, 2.05) is 14.1 Å². The van der Waals surface area contributed by atoms with Crippen LogP contribution >= 0.6 is 0 Å². The highest BCUT2D eigenvalue weighted by Gasteiger charge is 2.18. The minimum atomic E-state index is -0.716. The molecule has 1 aromatic carbocycles. The van der Waals surface area contributed by atoms with Crippen LogP contribution in [0.15, 0.2) is 18.2 Å². The SMILES string of the molecule is Cc1nc(NCC2CCOCC2)nc(N(C)C)c1NC(=O)Cc1cc(F)cc(F)c1. The number of carbonyl (C=O) groups excluding carboxylic acids is 1. The summed E-state index contributed by atoms with van der Waals surface area (Å²) in [6, 6.07) is 3.06. The number of nitrogens with one attached hydrogen (secondary N) is 2. The van der Waals surface area contributed by atoms with Crippen LogP contribution in [0.3, 0.4) is 0 Å². The van der Waals surface area contributed by atoms with Gasteiger partial charge in [0.05, 0.1) is 12.1 Å². The van der Waals surface area contributed by atoms with Gasteiger partial charge in [-0.2, -0.15) is 4.98 Å². The van der Waals surface area contributed by atoms with Crippen LogP contribution in [0.4, 0.5) is 26.2 Å². The average molecular weight is 419 g/mol. The van der Waals surface area contributed by atoms with Crippen molar-refractivity contribution in [1.29, 1.82) is 0 Å². The van der Waals surface area contributed by atoms with Crippen molar-refractivity contribution >= 4 is 23.4 Å². The van der Waals surface area contributed by atoms with Crippen LogP contribution in [-0.2, 0) is 16.0 Å². The first-order valence-electron chi connectivity index (χ1n) is 9.94. The lowest BCUT2D eigenvalue weighted by molar-refractivity contribution is -0.115. The summed E-state index contributed by atoms with van der Waals surface area (Å²) in [7, 11) is 3.64. The van der Waals surface area contributed by atoms with Crippen LogP contribution in [-0.4, -0.2) is 49.7 Å². The summed E-state index contributed by atoms with van der Waals surface area (Å²) in [5.41, 5.74) is 1.32. The number of rotatable bonds is 7. The third-order valence-corrected chi connectivity index (χ3v) is 4.94. The minimum Gasteiger partial charge on any atom is -0.381 e. The first kappa shape index (κ1) is 21.9. The highest BCUT2D eigenvalue weighted by molar-refractivity contribution is 5.95. The molecule has 0 saturated carbocycles. The smallest absolute Gasteiger partial charge is 0.228 e. The van der Waals surface area contributed by atoms with Crippen LogP contribution in [0.2, 0.25) is 0 Å². The number of benzene rings is 1. The second kappa shape index (κ2) is 9.80. The summed E-state index contributed by atoms with van der Waals surface area (Å²) < 4.78 is 32.1. The third-order valence-electron chi connectivity index (χ3n) is 4.94. The van der Waals surface area contributed by atoms with Gasteiger partial charge in [-0.15, -0.1) is 0 Å². The summed E-state index contributed by atoms with van der Waals surface area (Å²) in [5, 5.41) is 6.07. The van der Waals surface area contributed by atoms with Crippen molar-refractivity contribution in [3.63, 3.8) is 0 Å². The summed E-state index contributed by atoms with van der Waals surface area (Å²) in [5.74, 6) is -0.282. The molecule has 1 aliphatic heterocycles. The van der Waals surface area contributed by atoms with Crippen molar-refractivity contribution in [2.75, 3.05) is 49.4 Å². The highest BCUT2D eigenvalue weighted by Crippen LogP contribution is 2.27. The fourth-order valence-corrected chi connectivity index (χ4v) is 3.37. The molecule has 9 heteroatoms. The molecular weight excluding hydrogens is 392 g/mol. The molecule has 0 atom stereocenters. The fraction of sp³-hybridized carbons (Fsp3) is 0.476. The molecule has 0 aliphatic carbocycles. The number of hydrogen-bond donors (Lipinski definition) is 2. The Morgan fingerprint density at radius 1 is 1.17 bits per heavy atom. The Labute approximate surface area is 174 Å². The Hall–Kier alpha value is -2.81. The molecule has 2 N–H and O–H groups in total. The van der Waals surface area contributed by atoms with Gasteiger partial charge < -0.3 is 20.3 Å². The zero-order chi connectivity index (χ0) is 21.7. The van der Waals surface area contributed by atoms with E-state index in [2.05, 4.69) is 20.6 Å². The molecule has 2 heterocycles. The lowest BCUT2D eigenvalue weighted by Gasteiger charge is -2.23. The van der Waals surface area contributed by atoms with Gasteiger partial charge in [0.2, 0.25) is 11.9 Å². The quantitative estimate of drug-likeness (QED) is 0.718. The van der Waals surface area contributed by atoms with E-state index < -0.39 is 17.5 Å². The number of hydrogen-bond acceptors (Lipinski definition) is 6. The Balaban J connectivity index is 1.72. The molecule has 1 saturated heterocycles. The van der Waals surface area contributed by atoms with Gasteiger partial charge in [0.1, 0.15) is 17.3 Å². The molecular formula is C21H27F2N5O2. The van der Waals surface area contributed by atoms with Crippen LogP contribution in [0.1, 0.15) is 24.1 Å². The van der Waals surface area contributed by atoms with E-state index in [0.29, 0.717) is 29.1 Å². The zero-order valence-corrected chi connectivity index (χ0v) is 17.5. The lowest BCUT2D eigenvalue weighted by atomic mass is 10.0. The maximum absolute atomic E-state index is 13.4. The monoisotopic (exact) mass is 419 g/mol. The van der Waals surface area contributed by atoms with E-state index in [9.17, 15) is 13.6 Å². The predicted molar refractivity (Wildman–Crippen MR) is 112 cm³/mol. The van der Waals surface area contributed by atoms with Crippen molar-refractivity contribution in [3.05, 3.63) is 41.1 Å². The number of aryl methyl sites for hydroxylation is 1. The van der Waals surface area contributed by atoms with Crippen molar-refractivity contribution in [3.8, 4) is 0 Å². The Morgan fingerprint density at radius 2 is 1.83 bits per heavy atom. The van der Waals surface area contributed by atoms with E-state index in [4.69, 9.17) is 4.74 Å². The standard InChI is InChI=1S/C21H27F2N5O2/c1-13-19(26-18(29)10-15-8-16(22)11-17(23)9-15)20(28(2)3)27-21(25-13)24-12-14-4-6-30-7-5-14/h8-9,11,14H,4-7,10,12H2,1-3H3,(H,26,29)(H,24,25,27). The van der Waals surface area contributed by atoms with E-state index in [-0.39, 0.29) is 12.0 Å². The molecule has 0 spiro atoms. The third kappa shape index (κ3) is 5.85. The van der Waals surface area contributed by atoms with Gasteiger partial charge in [-0.3, -0.25) is 4.79 Å². The number of nitrogens with zero attached hydrogens (tertiary/aromatic N) is 3. The summed E-state index contributed by atoms with van der Waals surface area (Å²) in [4.78, 5) is 23.3. The molecule has 1 aromatic heterocycles. The molecule has 30 heavy (non-hydrogen) atoms. The normalized spacial score (nSPS) is 14.4. The van der Waals surface area contributed by atoms with Gasteiger partial charge in [-0.25, -0.2) is 13.8 Å². The number of aromatic nitrogens is 2. The number of halogens is 2. The number of anilines is 3. The predicted octanol–water partition coefficient (Wildman–Crippen LogP) is 3.15. The molecule has 2 aromatic rings. The number of amides is 1. The number of ether oxygens (including phenoxy) is 1.